The van der Waals surface area contributed by atoms with Crippen LogP contribution in [0, 0.1) is 0 Å². The molecule has 0 radical (unpaired) electrons. The summed E-state index contributed by atoms with van der Waals surface area (Å²) in [5.74, 6) is 0.472. The molecule has 0 saturated heterocycles. The van der Waals surface area contributed by atoms with E-state index in [9.17, 15) is 9.90 Å². The molecular formula is C24H19ClN4O3. The second-order valence-electron chi connectivity index (χ2n) is 6.90. The topological polar surface area (TPSA) is 99.6 Å². The maximum Gasteiger partial charge on any atom is 0.289 e. The molecule has 0 atom stereocenters. The SMILES string of the molecule is O=C(NN=Cc1ccc(O)cc1)c1cc(-c2ccc(OCc3ccc(Cl)cc3)cc2)n[nH]1. The van der Waals surface area contributed by atoms with E-state index in [1.54, 1.807) is 30.3 Å². The Hall–Kier alpha value is -4.10. The van der Waals surface area contributed by atoms with Gasteiger partial charge in [0.05, 0.1) is 11.9 Å². The predicted molar refractivity (Wildman–Crippen MR) is 123 cm³/mol. The van der Waals surface area contributed by atoms with E-state index in [0.717, 1.165) is 22.4 Å². The average Bonchev–Trinajstić information content (AvgIpc) is 3.31. The normalized spacial score (nSPS) is 10.9. The van der Waals surface area contributed by atoms with Gasteiger partial charge in [-0.1, -0.05) is 23.7 Å². The van der Waals surface area contributed by atoms with Gasteiger partial charge in [-0.3, -0.25) is 9.89 Å². The van der Waals surface area contributed by atoms with E-state index >= 15 is 0 Å². The highest BCUT2D eigenvalue weighted by Crippen LogP contribution is 2.22. The number of nitrogens with zero attached hydrogens (tertiary/aromatic N) is 2. The van der Waals surface area contributed by atoms with Crippen molar-refractivity contribution < 1.29 is 14.6 Å². The van der Waals surface area contributed by atoms with Crippen molar-refractivity contribution in [2.75, 3.05) is 0 Å². The number of phenolic OH excluding ortho intramolecular Hbond substituents is 1. The number of aromatic nitrogens is 2. The third-order valence-electron chi connectivity index (χ3n) is 4.56. The zero-order valence-electron chi connectivity index (χ0n) is 16.8. The van der Waals surface area contributed by atoms with E-state index in [-0.39, 0.29) is 11.4 Å². The van der Waals surface area contributed by atoms with Gasteiger partial charge in [0.1, 0.15) is 23.8 Å². The molecule has 0 saturated carbocycles. The molecule has 1 aromatic heterocycles. The molecule has 0 fully saturated rings. The van der Waals surface area contributed by atoms with Crippen molar-refractivity contribution >= 4 is 23.7 Å². The van der Waals surface area contributed by atoms with Crippen molar-refractivity contribution in [1.82, 2.24) is 15.6 Å². The van der Waals surface area contributed by atoms with Gasteiger partial charge in [-0.05, 0) is 77.9 Å². The number of carbonyl (C=O) groups is 1. The second-order valence-corrected chi connectivity index (χ2v) is 7.33. The molecule has 0 aliphatic rings. The third kappa shape index (κ3) is 5.53. The van der Waals surface area contributed by atoms with Crippen LogP contribution in [0.1, 0.15) is 21.6 Å². The molecule has 4 aromatic rings. The standard InChI is InChI=1S/C24H19ClN4O3/c25-19-7-1-17(2-8-19)15-32-21-11-5-18(6-12-21)22-13-23(28-27-22)24(31)29-26-14-16-3-9-20(30)10-4-16/h1-14,30H,15H2,(H,27,28)(H,29,31). The Morgan fingerprint density at radius 3 is 2.50 bits per heavy atom. The largest absolute Gasteiger partial charge is 0.508 e. The summed E-state index contributed by atoms with van der Waals surface area (Å²) >= 11 is 5.89. The summed E-state index contributed by atoms with van der Waals surface area (Å²) in [6, 6.07) is 23.0. The Balaban J connectivity index is 1.33. The molecule has 1 heterocycles. The summed E-state index contributed by atoms with van der Waals surface area (Å²) in [4.78, 5) is 12.3. The molecule has 8 heteroatoms. The minimum Gasteiger partial charge on any atom is -0.508 e. The van der Waals surface area contributed by atoms with Crippen LogP contribution < -0.4 is 10.2 Å². The molecule has 4 rings (SSSR count). The van der Waals surface area contributed by atoms with Gasteiger partial charge < -0.3 is 9.84 Å². The van der Waals surface area contributed by atoms with Gasteiger partial charge in [-0.15, -0.1) is 0 Å². The Kier molecular flexibility index (Phi) is 6.48. The molecule has 32 heavy (non-hydrogen) atoms. The molecule has 7 nitrogen and oxygen atoms in total. The molecule has 0 unspecified atom stereocenters. The minimum absolute atomic E-state index is 0.164. The lowest BCUT2D eigenvalue weighted by molar-refractivity contribution is 0.0950. The van der Waals surface area contributed by atoms with E-state index in [4.69, 9.17) is 16.3 Å². The van der Waals surface area contributed by atoms with Crippen molar-refractivity contribution in [3.63, 3.8) is 0 Å². The van der Waals surface area contributed by atoms with E-state index in [1.807, 2.05) is 48.5 Å². The number of nitrogens with one attached hydrogen (secondary N) is 2. The van der Waals surface area contributed by atoms with E-state index in [2.05, 4.69) is 20.7 Å². The maximum atomic E-state index is 12.3. The zero-order chi connectivity index (χ0) is 22.3. The summed E-state index contributed by atoms with van der Waals surface area (Å²) in [6.45, 7) is 0.438. The Labute approximate surface area is 189 Å². The van der Waals surface area contributed by atoms with Crippen LogP contribution in [-0.4, -0.2) is 27.4 Å². The van der Waals surface area contributed by atoms with Crippen LogP contribution in [0.2, 0.25) is 5.02 Å². The zero-order valence-corrected chi connectivity index (χ0v) is 17.6. The number of halogens is 1. The van der Waals surface area contributed by atoms with E-state index in [0.29, 0.717) is 17.3 Å². The van der Waals surface area contributed by atoms with Gasteiger partial charge in [0, 0.05) is 10.6 Å². The van der Waals surface area contributed by atoms with Crippen molar-refractivity contribution in [2.45, 2.75) is 6.61 Å². The predicted octanol–water partition coefficient (Wildman–Crippen LogP) is 4.78. The van der Waals surface area contributed by atoms with Crippen LogP contribution in [0.4, 0.5) is 0 Å². The van der Waals surface area contributed by atoms with Crippen LogP contribution in [0.3, 0.4) is 0 Å². The molecule has 1 amide bonds. The van der Waals surface area contributed by atoms with Crippen molar-refractivity contribution in [1.29, 1.82) is 0 Å². The first kappa shape index (κ1) is 21.1. The molecule has 3 N–H and O–H groups in total. The number of phenols is 1. The van der Waals surface area contributed by atoms with Gasteiger partial charge in [0.15, 0.2) is 0 Å². The average molecular weight is 447 g/mol. The van der Waals surface area contributed by atoms with Crippen molar-refractivity contribution in [3.05, 3.63) is 101 Å². The Morgan fingerprint density at radius 2 is 1.78 bits per heavy atom. The van der Waals surface area contributed by atoms with Crippen molar-refractivity contribution in [2.24, 2.45) is 5.10 Å². The molecule has 0 spiro atoms. The first-order chi connectivity index (χ1) is 15.6. The van der Waals surface area contributed by atoms with Gasteiger partial charge in [0.2, 0.25) is 0 Å². The number of hydrogen-bond donors (Lipinski definition) is 3. The number of hydrazone groups is 1. The molecule has 0 aliphatic heterocycles. The van der Waals surface area contributed by atoms with Crippen LogP contribution in [0.5, 0.6) is 11.5 Å². The summed E-state index contributed by atoms with van der Waals surface area (Å²) < 4.78 is 5.79. The monoisotopic (exact) mass is 446 g/mol. The Bertz CT molecular complexity index is 1220. The number of benzene rings is 3. The smallest absolute Gasteiger partial charge is 0.289 e. The highest BCUT2D eigenvalue weighted by molar-refractivity contribution is 6.30. The fraction of sp³-hybridized carbons (Fsp3) is 0.0417. The van der Waals surface area contributed by atoms with Crippen LogP contribution in [0.15, 0.2) is 84.0 Å². The van der Waals surface area contributed by atoms with Gasteiger partial charge in [0.25, 0.3) is 5.91 Å². The second kappa shape index (κ2) is 9.80. The fourth-order valence-electron chi connectivity index (χ4n) is 2.84. The quantitative estimate of drug-likeness (QED) is 0.281. The molecule has 160 valence electrons. The highest BCUT2D eigenvalue weighted by atomic mass is 35.5. The molecule has 0 aliphatic carbocycles. The summed E-state index contributed by atoms with van der Waals surface area (Å²) in [5, 5.41) is 20.8. The van der Waals surface area contributed by atoms with E-state index < -0.39 is 5.91 Å². The van der Waals surface area contributed by atoms with Gasteiger partial charge in [-0.2, -0.15) is 10.2 Å². The van der Waals surface area contributed by atoms with Gasteiger partial charge >= 0.3 is 0 Å². The summed E-state index contributed by atoms with van der Waals surface area (Å²) in [6.07, 6.45) is 1.48. The highest BCUT2D eigenvalue weighted by Gasteiger charge is 2.10. The summed E-state index contributed by atoms with van der Waals surface area (Å²) in [5.41, 5.74) is 5.95. The van der Waals surface area contributed by atoms with Crippen molar-refractivity contribution in [3.8, 4) is 22.8 Å². The molecule has 3 aromatic carbocycles. The fourth-order valence-corrected chi connectivity index (χ4v) is 2.97. The van der Waals surface area contributed by atoms with E-state index in [1.165, 1.54) is 6.21 Å². The number of rotatable bonds is 7. The molecule has 0 bridgehead atoms. The first-order valence-corrected chi connectivity index (χ1v) is 10.1. The lowest BCUT2D eigenvalue weighted by Crippen LogP contribution is -2.17. The number of H-pyrrole nitrogens is 1. The number of aromatic amines is 1. The Morgan fingerprint density at radius 1 is 1.06 bits per heavy atom. The lowest BCUT2D eigenvalue weighted by Gasteiger charge is -2.07. The number of amides is 1. The third-order valence-corrected chi connectivity index (χ3v) is 4.82. The lowest BCUT2D eigenvalue weighted by atomic mass is 10.1. The number of carbonyl (C=O) groups excluding carboxylic acids is 1. The number of aromatic hydroxyl groups is 1. The number of hydrogen-bond acceptors (Lipinski definition) is 5. The summed E-state index contributed by atoms with van der Waals surface area (Å²) in [7, 11) is 0. The van der Waals surface area contributed by atoms with Crippen LogP contribution in [-0.2, 0) is 6.61 Å². The number of ether oxygens (including phenoxy) is 1. The van der Waals surface area contributed by atoms with Gasteiger partial charge in [-0.25, -0.2) is 5.43 Å². The van der Waals surface area contributed by atoms with Crippen LogP contribution in [0.25, 0.3) is 11.3 Å². The maximum absolute atomic E-state index is 12.3. The van der Waals surface area contributed by atoms with Crippen LogP contribution >= 0.6 is 11.6 Å². The minimum atomic E-state index is -0.415. The first-order valence-electron chi connectivity index (χ1n) is 9.72. The molecular weight excluding hydrogens is 428 g/mol.